The first-order valence-electron chi connectivity index (χ1n) is 4.73. The van der Waals surface area contributed by atoms with Gasteiger partial charge in [-0.2, -0.15) is 0 Å². The number of aliphatic hydroxyl groups is 2. The van der Waals surface area contributed by atoms with Crippen LogP contribution < -0.4 is 4.74 Å². The van der Waals surface area contributed by atoms with Gasteiger partial charge in [-0.05, 0) is 37.1 Å². The van der Waals surface area contributed by atoms with Gasteiger partial charge >= 0.3 is 0 Å². The normalized spacial score (nSPS) is 9.13. The van der Waals surface area contributed by atoms with Crippen LogP contribution in [-0.4, -0.2) is 30.5 Å². The summed E-state index contributed by atoms with van der Waals surface area (Å²) >= 11 is 0. The molecule has 0 radical (unpaired) electrons. The smallest absolute Gasteiger partial charge is 0.123 e. The van der Waals surface area contributed by atoms with E-state index in [0.717, 1.165) is 0 Å². The van der Waals surface area contributed by atoms with Crippen molar-refractivity contribution < 1.29 is 19.3 Å². The third kappa shape index (κ3) is 5.34. The highest BCUT2D eigenvalue weighted by molar-refractivity contribution is 5.33. The fourth-order valence-corrected chi connectivity index (χ4v) is 1.06. The summed E-state index contributed by atoms with van der Waals surface area (Å²) in [5, 5.41) is 16.2. The third-order valence-electron chi connectivity index (χ3n) is 1.62. The van der Waals surface area contributed by atoms with E-state index >= 15 is 0 Å². The molecule has 1 aromatic rings. The lowest BCUT2D eigenvalue weighted by Crippen LogP contribution is -1.96. The van der Waals surface area contributed by atoms with Crippen molar-refractivity contribution in [2.45, 2.75) is 13.3 Å². The third-order valence-corrected chi connectivity index (χ3v) is 1.62. The zero-order valence-electron chi connectivity index (χ0n) is 9.03. The standard InChI is InChI=1S/C9H11FO2.C2H6O/c1-12-9-3-2-8(10)6-7(9)4-5-11;1-2-3/h2-3,6,11H,4-5H2,1H3;3H,2H2,1H3. The zero-order chi connectivity index (χ0) is 11.7. The number of hydrogen-bond acceptors (Lipinski definition) is 3. The van der Waals surface area contributed by atoms with Crippen LogP contribution in [0.2, 0.25) is 0 Å². The molecule has 1 rings (SSSR count). The number of ether oxygens (including phenoxy) is 1. The Morgan fingerprint density at radius 3 is 2.40 bits per heavy atom. The lowest BCUT2D eigenvalue weighted by Gasteiger charge is -2.06. The Morgan fingerprint density at radius 1 is 1.33 bits per heavy atom. The van der Waals surface area contributed by atoms with Crippen LogP contribution in [0.3, 0.4) is 0 Å². The molecule has 0 heterocycles. The van der Waals surface area contributed by atoms with Gasteiger partial charge in [0.2, 0.25) is 0 Å². The molecule has 0 saturated carbocycles. The first kappa shape index (κ1) is 13.9. The van der Waals surface area contributed by atoms with Gasteiger partial charge in [0.25, 0.3) is 0 Å². The Bertz CT molecular complexity index is 277. The van der Waals surface area contributed by atoms with Gasteiger partial charge in [0.1, 0.15) is 11.6 Å². The molecule has 0 amide bonds. The van der Waals surface area contributed by atoms with Crippen molar-refractivity contribution in [2.75, 3.05) is 20.3 Å². The number of rotatable bonds is 3. The molecule has 0 aliphatic heterocycles. The Labute approximate surface area is 89.1 Å². The molecule has 0 unspecified atom stereocenters. The van der Waals surface area contributed by atoms with Crippen LogP contribution >= 0.6 is 0 Å². The van der Waals surface area contributed by atoms with Crippen molar-refractivity contribution in [1.29, 1.82) is 0 Å². The van der Waals surface area contributed by atoms with E-state index in [1.54, 1.807) is 13.0 Å². The maximum atomic E-state index is 12.7. The summed E-state index contributed by atoms with van der Waals surface area (Å²) in [7, 11) is 1.52. The Balaban J connectivity index is 0.000000583. The van der Waals surface area contributed by atoms with E-state index < -0.39 is 0 Å². The van der Waals surface area contributed by atoms with Gasteiger partial charge in [-0.1, -0.05) is 0 Å². The maximum Gasteiger partial charge on any atom is 0.123 e. The predicted octanol–water partition coefficient (Wildman–Crippen LogP) is 1.37. The molecule has 1 aromatic carbocycles. The van der Waals surface area contributed by atoms with Crippen molar-refractivity contribution in [2.24, 2.45) is 0 Å². The summed E-state index contributed by atoms with van der Waals surface area (Å²) in [6.45, 7) is 1.93. The zero-order valence-corrected chi connectivity index (χ0v) is 9.03. The van der Waals surface area contributed by atoms with Gasteiger partial charge in [-0.25, -0.2) is 4.39 Å². The first-order chi connectivity index (χ1) is 7.19. The van der Waals surface area contributed by atoms with Crippen LogP contribution in [0.25, 0.3) is 0 Å². The van der Waals surface area contributed by atoms with Gasteiger partial charge in [-0.15, -0.1) is 0 Å². The van der Waals surface area contributed by atoms with Crippen molar-refractivity contribution in [3.05, 3.63) is 29.6 Å². The van der Waals surface area contributed by atoms with Crippen molar-refractivity contribution in [3.8, 4) is 5.75 Å². The molecule has 0 saturated heterocycles. The number of aliphatic hydroxyl groups excluding tert-OH is 2. The summed E-state index contributed by atoms with van der Waals surface area (Å²) < 4.78 is 17.6. The largest absolute Gasteiger partial charge is 0.496 e. The summed E-state index contributed by atoms with van der Waals surface area (Å²) in [6, 6.07) is 4.26. The molecule has 0 fully saturated rings. The maximum absolute atomic E-state index is 12.7. The molecule has 0 atom stereocenters. The average Bonchev–Trinajstić information content (AvgIpc) is 2.20. The topological polar surface area (TPSA) is 49.7 Å². The van der Waals surface area contributed by atoms with Gasteiger partial charge < -0.3 is 14.9 Å². The number of hydrogen-bond donors (Lipinski definition) is 2. The molecule has 3 nitrogen and oxygen atoms in total. The van der Waals surface area contributed by atoms with Crippen LogP contribution in [0.1, 0.15) is 12.5 Å². The van der Waals surface area contributed by atoms with Gasteiger partial charge in [0.15, 0.2) is 0 Å². The van der Waals surface area contributed by atoms with Crippen LogP contribution in [0.5, 0.6) is 5.75 Å². The minimum absolute atomic E-state index is 0.000185. The average molecular weight is 216 g/mol. The van der Waals surface area contributed by atoms with Gasteiger partial charge in [0, 0.05) is 13.2 Å². The molecule has 0 spiro atoms. The van der Waals surface area contributed by atoms with Crippen LogP contribution in [0, 0.1) is 5.82 Å². The van der Waals surface area contributed by atoms with E-state index in [1.165, 1.54) is 19.2 Å². The van der Waals surface area contributed by atoms with Crippen molar-refractivity contribution >= 4 is 0 Å². The molecule has 0 aliphatic carbocycles. The van der Waals surface area contributed by atoms with Crippen LogP contribution in [0.15, 0.2) is 18.2 Å². The minimum atomic E-state index is -0.306. The highest BCUT2D eigenvalue weighted by atomic mass is 19.1. The summed E-state index contributed by atoms with van der Waals surface area (Å²) in [4.78, 5) is 0. The second kappa shape index (κ2) is 8.20. The Hall–Kier alpha value is -1.13. The molecule has 15 heavy (non-hydrogen) atoms. The first-order valence-corrected chi connectivity index (χ1v) is 4.73. The second-order valence-corrected chi connectivity index (χ2v) is 2.75. The number of halogens is 1. The lowest BCUT2D eigenvalue weighted by molar-refractivity contribution is 0.296. The molecule has 0 bridgehead atoms. The van der Waals surface area contributed by atoms with Crippen molar-refractivity contribution in [3.63, 3.8) is 0 Å². The molecular weight excluding hydrogens is 199 g/mol. The molecule has 86 valence electrons. The highest BCUT2D eigenvalue weighted by Crippen LogP contribution is 2.19. The van der Waals surface area contributed by atoms with E-state index in [2.05, 4.69) is 0 Å². The summed E-state index contributed by atoms with van der Waals surface area (Å²) in [5.74, 6) is 0.310. The van der Waals surface area contributed by atoms with Crippen LogP contribution in [-0.2, 0) is 6.42 Å². The fraction of sp³-hybridized carbons (Fsp3) is 0.455. The van der Waals surface area contributed by atoms with E-state index in [4.69, 9.17) is 14.9 Å². The number of benzene rings is 1. The Kier molecular flexibility index (Phi) is 7.58. The summed E-state index contributed by atoms with van der Waals surface area (Å²) in [6.07, 6.45) is 0.418. The molecule has 4 heteroatoms. The fourth-order valence-electron chi connectivity index (χ4n) is 1.06. The Morgan fingerprint density at radius 2 is 1.93 bits per heavy atom. The van der Waals surface area contributed by atoms with E-state index in [9.17, 15) is 4.39 Å². The van der Waals surface area contributed by atoms with Gasteiger partial charge in [-0.3, -0.25) is 0 Å². The molecule has 2 N–H and O–H groups in total. The van der Waals surface area contributed by atoms with E-state index in [1.807, 2.05) is 0 Å². The van der Waals surface area contributed by atoms with Crippen molar-refractivity contribution in [1.82, 2.24) is 0 Å². The summed E-state index contributed by atoms with van der Waals surface area (Å²) in [5.41, 5.74) is 0.694. The second-order valence-electron chi connectivity index (χ2n) is 2.75. The van der Waals surface area contributed by atoms with Crippen LogP contribution in [0.4, 0.5) is 4.39 Å². The van der Waals surface area contributed by atoms with E-state index in [-0.39, 0.29) is 19.0 Å². The molecule has 0 aliphatic rings. The minimum Gasteiger partial charge on any atom is -0.496 e. The van der Waals surface area contributed by atoms with Gasteiger partial charge in [0.05, 0.1) is 7.11 Å². The van der Waals surface area contributed by atoms with E-state index in [0.29, 0.717) is 17.7 Å². The predicted molar refractivity (Wildman–Crippen MR) is 56.5 cm³/mol. The highest BCUT2D eigenvalue weighted by Gasteiger charge is 2.02. The SMILES string of the molecule is CCO.COc1ccc(F)cc1CCO. The monoisotopic (exact) mass is 216 g/mol. The molecular formula is C11H17FO3. The molecule has 0 aromatic heterocycles. The quantitative estimate of drug-likeness (QED) is 0.802. The lowest BCUT2D eigenvalue weighted by atomic mass is 10.1. The number of methoxy groups -OCH3 is 1.